The van der Waals surface area contributed by atoms with Crippen LogP contribution in [-0.2, 0) is 17.4 Å². The Labute approximate surface area is 212 Å². The number of hydrogen-bond donors (Lipinski definition) is 1. The SMILES string of the molecule is Cn1ccc(-c2ccc([C@@H](C3CC3)N3CCC(CC(C)(C)O)(c4ccccc4)OC3=O)cc2)cc1=O. The molecule has 6 nitrogen and oxygen atoms in total. The van der Waals surface area contributed by atoms with Crippen LogP contribution in [0.3, 0.4) is 0 Å². The maximum atomic E-state index is 13.6. The summed E-state index contributed by atoms with van der Waals surface area (Å²) in [5, 5.41) is 10.7. The summed E-state index contributed by atoms with van der Waals surface area (Å²) in [7, 11) is 1.74. The molecule has 2 fully saturated rings. The van der Waals surface area contributed by atoms with Crippen molar-refractivity contribution < 1.29 is 14.6 Å². The maximum absolute atomic E-state index is 13.6. The molecule has 1 N–H and O–H groups in total. The van der Waals surface area contributed by atoms with Gasteiger partial charge in [0.15, 0.2) is 0 Å². The van der Waals surface area contributed by atoms with E-state index in [2.05, 4.69) is 12.1 Å². The number of ether oxygens (including phenoxy) is 1. The molecule has 0 bridgehead atoms. The van der Waals surface area contributed by atoms with Crippen LogP contribution in [0.5, 0.6) is 0 Å². The van der Waals surface area contributed by atoms with E-state index in [1.165, 1.54) is 0 Å². The van der Waals surface area contributed by atoms with E-state index < -0.39 is 11.2 Å². The Morgan fingerprint density at radius 3 is 2.31 bits per heavy atom. The molecule has 1 aliphatic carbocycles. The molecule has 1 amide bonds. The van der Waals surface area contributed by atoms with Crippen LogP contribution in [0.15, 0.2) is 77.7 Å². The van der Waals surface area contributed by atoms with Gasteiger partial charge < -0.3 is 19.3 Å². The Kier molecular flexibility index (Phi) is 6.25. The highest BCUT2D eigenvalue weighted by atomic mass is 16.6. The topological polar surface area (TPSA) is 71.8 Å². The third kappa shape index (κ3) is 4.96. The summed E-state index contributed by atoms with van der Waals surface area (Å²) >= 11 is 0. The molecule has 6 heteroatoms. The quantitative estimate of drug-likeness (QED) is 0.485. The Morgan fingerprint density at radius 2 is 1.72 bits per heavy atom. The summed E-state index contributed by atoms with van der Waals surface area (Å²) in [5.74, 6) is 0.408. The largest absolute Gasteiger partial charge is 0.438 e. The zero-order valence-electron chi connectivity index (χ0n) is 21.2. The number of benzene rings is 2. The molecular weight excluding hydrogens is 452 g/mol. The maximum Gasteiger partial charge on any atom is 0.411 e. The van der Waals surface area contributed by atoms with E-state index in [1.54, 1.807) is 37.7 Å². The second-order valence-corrected chi connectivity index (χ2v) is 10.9. The average molecular weight is 487 g/mol. The number of hydrogen-bond acceptors (Lipinski definition) is 4. The first-order valence-electron chi connectivity index (χ1n) is 12.7. The molecule has 36 heavy (non-hydrogen) atoms. The van der Waals surface area contributed by atoms with Crippen molar-refractivity contribution in [3.63, 3.8) is 0 Å². The van der Waals surface area contributed by atoms with Crippen molar-refractivity contribution in [2.24, 2.45) is 13.0 Å². The zero-order valence-corrected chi connectivity index (χ0v) is 21.2. The van der Waals surface area contributed by atoms with Crippen molar-refractivity contribution in [2.75, 3.05) is 6.54 Å². The highest BCUT2D eigenvalue weighted by Crippen LogP contribution is 2.48. The first-order chi connectivity index (χ1) is 17.2. The number of nitrogens with zero attached hydrogens (tertiary/aromatic N) is 2. The second kappa shape index (κ2) is 9.25. The number of pyridine rings is 1. The molecule has 1 aliphatic heterocycles. The molecule has 0 spiro atoms. The van der Waals surface area contributed by atoms with E-state index in [1.807, 2.05) is 53.4 Å². The lowest BCUT2D eigenvalue weighted by molar-refractivity contribution is -0.103. The van der Waals surface area contributed by atoms with Gasteiger partial charge in [0, 0.05) is 38.7 Å². The van der Waals surface area contributed by atoms with E-state index in [0.29, 0.717) is 25.3 Å². The van der Waals surface area contributed by atoms with Gasteiger partial charge in [-0.05, 0) is 60.9 Å². The Hall–Kier alpha value is -3.38. The Balaban J connectivity index is 1.41. The second-order valence-electron chi connectivity index (χ2n) is 10.9. The van der Waals surface area contributed by atoms with Gasteiger partial charge in [-0.25, -0.2) is 4.79 Å². The number of amides is 1. The van der Waals surface area contributed by atoms with E-state index >= 15 is 0 Å². The van der Waals surface area contributed by atoms with Gasteiger partial charge >= 0.3 is 6.09 Å². The third-order valence-corrected chi connectivity index (χ3v) is 7.39. The lowest BCUT2D eigenvalue weighted by atomic mass is 9.80. The minimum Gasteiger partial charge on any atom is -0.438 e. The molecule has 1 saturated heterocycles. The number of cyclic esters (lactones) is 1. The molecule has 2 heterocycles. The molecule has 1 saturated carbocycles. The molecule has 3 aromatic rings. The molecule has 5 rings (SSSR count). The van der Waals surface area contributed by atoms with Gasteiger partial charge in [-0.1, -0.05) is 54.6 Å². The number of carbonyl (C=O) groups excluding carboxylic acids is 1. The molecule has 2 aromatic carbocycles. The van der Waals surface area contributed by atoms with Crippen molar-refractivity contribution in [2.45, 2.75) is 56.8 Å². The predicted octanol–water partition coefficient (Wildman–Crippen LogP) is 5.40. The molecule has 0 radical (unpaired) electrons. The van der Waals surface area contributed by atoms with E-state index in [0.717, 1.165) is 35.1 Å². The van der Waals surface area contributed by atoms with E-state index in [9.17, 15) is 14.7 Å². The molecular formula is C30H34N2O4. The van der Waals surface area contributed by atoms with Crippen LogP contribution >= 0.6 is 0 Å². The van der Waals surface area contributed by atoms with Gasteiger partial charge in [0.1, 0.15) is 5.60 Å². The van der Waals surface area contributed by atoms with Crippen molar-refractivity contribution in [1.82, 2.24) is 9.47 Å². The van der Waals surface area contributed by atoms with E-state index in [4.69, 9.17) is 4.74 Å². The van der Waals surface area contributed by atoms with Crippen LogP contribution in [0.2, 0.25) is 0 Å². The third-order valence-electron chi connectivity index (χ3n) is 7.39. The van der Waals surface area contributed by atoms with Crippen molar-refractivity contribution in [3.05, 3.63) is 94.4 Å². The van der Waals surface area contributed by atoms with Gasteiger partial charge in [0.05, 0.1) is 11.6 Å². The Morgan fingerprint density at radius 1 is 1.03 bits per heavy atom. The smallest absolute Gasteiger partial charge is 0.411 e. The Bertz CT molecular complexity index is 1290. The number of aliphatic hydroxyl groups is 1. The van der Waals surface area contributed by atoms with E-state index in [-0.39, 0.29) is 17.7 Å². The van der Waals surface area contributed by atoms with Crippen LogP contribution in [0.25, 0.3) is 11.1 Å². The van der Waals surface area contributed by atoms with Gasteiger partial charge in [-0.2, -0.15) is 0 Å². The summed E-state index contributed by atoms with van der Waals surface area (Å²) < 4.78 is 7.79. The van der Waals surface area contributed by atoms with Gasteiger partial charge in [0.25, 0.3) is 5.56 Å². The summed E-state index contributed by atoms with van der Waals surface area (Å²) in [6.45, 7) is 4.07. The lowest BCUT2D eigenvalue weighted by Crippen LogP contribution is -2.51. The van der Waals surface area contributed by atoms with Gasteiger partial charge in [0.2, 0.25) is 0 Å². The number of aromatic nitrogens is 1. The first kappa shape index (κ1) is 24.3. The molecule has 1 aromatic heterocycles. The van der Waals surface area contributed by atoms with Gasteiger partial charge in [-0.15, -0.1) is 0 Å². The van der Waals surface area contributed by atoms with Crippen LogP contribution in [0.1, 0.15) is 56.7 Å². The summed E-state index contributed by atoms with van der Waals surface area (Å²) in [5.41, 5.74) is 1.96. The van der Waals surface area contributed by atoms with Crippen LogP contribution < -0.4 is 5.56 Å². The highest BCUT2D eigenvalue weighted by molar-refractivity contribution is 5.71. The number of rotatable bonds is 7. The first-order valence-corrected chi connectivity index (χ1v) is 12.7. The number of aryl methyl sites for hydroxylation is 1. The minimum atomic E-state index is -0.984. The zero-order chi connectivity index (χ0) is 25.5. The van der Waals surface area contributed by atoms with Crippen LogP contribution in [0.4, 0.5) is 4.79 Å². The van der Waals surface area contributed by atoms with Crippen LogP contribution in [0, 0.1) is 5.92 Å². The molecule has 188 valence electrons. The summed E-state index contributed by atoms with van der Waals surface area (Å²) in [6, 6.07) is 21.5. The fourth-order valence-electron chi connectivity index (χ4n) is 5.51. The minimum absolute atomic E-state index is 0.0450. The predicted molar refractivity (Wildman–Crippen MR) is 139 cm³/mol. The normalized spacial score (nSPS) is 21.2. The van der Waals surface area contributed by atoms with Crippen molar-refractivity contribution in [1.29, 1.82) is 0 Å². The lowest BCUT2D eigenvalue weighted by Gasteiger charge is -2.46. The van der Waals surface area contributed by atoms with Crippen molar-refractivity contribution in [3.8, 4) is 11.1 Å². The fourth-order valence-corrected chi connectivity index (χ4v) is 5.51. The molecule has 2 aliphatic rings. The van der Waals surface area contributed by atoms with Crippen molar-refractivity contribution >= 4 is 6.09 Å². The standard InChI is InChI=1S/C30H34N2O4/c1-29(2,35)20-30(25-7-5-4-6-8-25)16-18-32(28(34)36-30)27(23-13-14-23)22-11-9-21(10-12-22)24-15-17-31(3)26(33)19-24/h4-12,15,17,19,23,27,35H,13-14,16,18,20H2,1-3H3/t27-,30?/m0/s1. The monoisotopic (exact) mass is 486 g/mol. The fraction of sp³-hybridized carbons (Fsp3) is 0.400. The highest BCUT2D eigenvalue weighted by Gasteiger charge is 2.49. The van der Waals surface area contributed by atoms with Crippen LogP contribution in [-0.4, -0.2) is 32.8 Å². The summed E-state index contributed by atoms with van der Waals surface area (Å²) in [6.07, 6.45) is 4.55. The van der Waals surface area contributed by atoms with Gasteiger partial charge in [-0.3, -0.25) is 4.79 Å². The number of carbonyl (C=O) groups is 1. The summed E-state index contributed by atoms with van der Waals surface area (Å²) in [4.78, 5) is 27.5. The average Bonchev–Trinajstić information content (AvgIpc) is 3.68. The molecule has 2 atom stereocenters. The molecule has 1 unspecified atom stereocenters.